The molecule has 0 bridgehead atoms. The van der Waals surface area contributed by atoms with Gasteiger partial charge in [-0.2, -0.15) is 5.26 Å². The van der Waals surface area contributed by atoms with Crippen LogP contribution in [-0.2, 0) is 9.53 Å². The number of nitrogens with zero attached hydrogens (tertiary/aromatic N) is 2. The second-order valence-electron chi connectivity index (χ2n) is 3.12. The highest BCUT2D eigenvalue weighted by Gasteiger charge is 2.01. The van der Waals surface area contributed by atoms with Gasteiger partial charge in [0.15, 0.2) is 6.61 Å². The predicted octanol–water partition coefficient (Wildman–Crippen LogP) is 2.38. The van der Waals surface area contributed by atoms with Crippen molar-refractivity contribution in [3.63, 3.8) is 0 Å². The molecule has 2 rings (SSSR count). The number of esters is 1. The van der Waals surface area contributed by atoms with Gasteiger partial charge >= 0.3 is 5.97 Å². The van der Waals surface area contributed by atoms with Crippen molar-refractivity contribution in [1.29, 1.82) is 5.26 Å². The molecule has 0 aliphatic heterocycles. The van der Waals surface area contributed by atoms with Gasteiger partial charge in [0.1, 0.15) is 11.1 Å². The minimum absolute atomic E-state index is 0.233. The Morgan fingerprint density at radius 2 is 2.35 bits per heavy atom. The summed E-state index contributed by atoms with van der Waals surface area (Å²) in [5.74, 6) is -0.536. The average Bonchev–Trinajstić information content (AvgIpc) is 2.76. The van der Waals surface area contributed by atoms with Crippen LogP contribution in [0.2, 0.25) is 0 Å². The van der Waals surface area contributed by atoms with Crippen molar-refractivity contribution >= 4 is 33.6 Å². The van der Waals surface area contributed by atoms with Crippen molar-refractivity contribution in [2.24, 2.45) is 0 Å². The van der Waals surface area contributed by atoms with Crippen LogP contribution >= 0.6 is 11.3 Å². The van der Waals surface area contributed by atoms with E-state index in [1.165, 1.54) is 17.4 Å². The first-order valence-electron chi connectivity index (χ1n) is 4.87. The molecule has 0 aliphatic carbocycles. The van der Waals surface area contributed by atoms with E-state index in [2.05, 4.69) is 9.72 Å². The third-order valence-corrected chi connectivity index (χ3v) is 2.95. The second kappa shape index (κ2) is 5.23. The highest BCUT2D eigenvalue weighted by atomic mass is 32.1. The maximum atomic E-state index is 11.1. The van der Waals surface area contributed by atoms with E-state index in [-0.39, 0.29) is 6.61 Å². The molecule has 0 fully saturated rings. The summed E-state index contributed by atoms with van der Waals surface area (Å²) in [6, 6.07) is 9.47. The second-order valence-corrected chi connectivity index (χ2v) is 4.18. The molecule has 2 aromatic rings. The smallest absolute Gasteiger partial charge is 0.331 e. The van der Waals surface area contributed by atoms with Gasteiger partial charge in [-0.1, -0.05) is 12.1 Å². The number of para-hydroxylation sites is 1. The lowest BCUT2D eigenvalue weighted by Gasteiger charge is -1.91. The largest absolute Gasteiger partial charge is 0.447 e. The highest BCUT2D eigenvalue weighted by molar-refractivity contribution is 7.19. The number of aromatic nitrogens is 1. The molecule has 1 aromatic carbocycles. The Bertz CT molecular complexity index is 577. The number of carbonyl (C=O) groups is 1. The topological polar surface area (TPSA) is 63.0 Å². The first kappa shape index (κ1) is 11.3. The molecule has 84 valence electrons. The number of thiazole rings is 1. The van der Waals surface area contributed by atoms with Crippen molar-refractivity contribution in [2.45, 2.75) is 0 Å². The van der Waals surface area contributed by atoms with Crippen LogP contribution in [0.5, 0.6) is 0 Å². The Hall–Kier alpha value is -2.19. The first-order valence-corrected chi connectivity index (χ1v) is 5.68. The summed E-state index contributed by atoms with van der Waals surface area (Å²) < 4.78 is 5.64. The SMILES string of the molecule is N#CCOC(=O)/C=C/c1nc2ccccc2s1. The number of rotatable bonds is 3. The number of carbonyl (C=O) groups excluding carboxylic acids is 1. The molecular formula is C12H8N2O2S. The fraction of sp³-hybridized carbons (Fsp3) is 0.0833. The Labute approximate surface area is 102 Å². The van der Waals surface area contributed by atoms with Gasteiger partial charge in [-0.3, -0.25) is 0 Å². The zero-order valence-corrected chi connectivity index (χ0v) is 9.61. The molecule has 0 saturated carbocycles. The molecule has 17 heavy (non-hydrogen) atoms. The summed E-state index contributed by atoms with van der Waals surface area (Å²) in [5, 5.41) is 8.97. The summed E-state index contributed by atoms with van der Waals surface area (Å²) in [6.07, 6.45) is 2.86. The van der Waals surface area contributed by atoms with Gasteiger partial charge < -0.3 is 4.74 Å². The van der Waals surface area contributed by atoms with E-state index < -0.39 is 5.97 Å². The van der Waals surface area contributed by atoms with E-state index in [0.29, 0.717) is 0 Å². The van der Waals surface area contributed by atoms with E-state index in [1.807, 2.05) is 24.3 Å². The number of benzene rings is 1. The third kappa shape index (κ3) is 2.89. The van der Waals surface area contributed by atoms with Crippen molar-refractivity contribution in [2.75, 3.05) is 6.61 Å². The van der Waals surface area contributed by atoms with E-state index in [1.54, 1.807) is 12.1 Å². The number of ether oxygens (including phenoxy) is 1. The van der Waals surface area contributed by atoms with Gasteiger partial charge in [-0.25, -0.2) is 9.78 Å². The van der Waals surface area contributed by atoms with E-state index in [9.17, 15) is 4.79 Å². The molecule has 0 amide bonds. The minimum atomic E-state index is -0.536. The zero-order chi connectivity index (χ0) is 12.1. The van der Waals surface area contributed by atoms with Gasteiger partial charge in [-0.05, 0) is 18.2 Å². The molecule has 4 nitrogen and oxygen atoms in total. The molecule has 5 heteroatoms. The maximum absolute atomic E-state index is 11.1. The van der Waals surface area contributed by atoms with Crippen LogP contribution in [0.1, 0.15) is 5.01 Å². The fourth-order valence-corrected chi connectivity index (χ4v) is 2.12. The summed E-state index contributed by atoms with van der Waals surface area (Å²) >= 11 is 1.49. The molecule has 0 radical (unpaired) electrons. The molecule has 0 unspecified atom stereocenters. The summed E-state index contributed by atoms with van der Waals surface area (Å²) in [4.78, 5) is 15.4. The van der Waals surface area contributed by atoms with Gasteiger partial charge in [0.05, 0.1) is 10.2 Å². The monoisotopic (exact) mass is 244 g/mol. The van der Waals surface area contributed by atoms with Gasteiger partial charge in [0.2, 0.25) is 0 Å². The normalized spacial score (nSPS) is 10.5. The van der Waals surface area contributed by atoms with Crippen molar-refractivity contribution in [3.05, 3.63) is 35.3 Å². The minimum Gasteiger partial charge on any atom is -0.447 e. The molecule has 0 aliphatic rings. The molecule has 0 spiro atoms. The van der Waals surface area contributed by atoms with Crippen LogP contribution in [0.4, 0.5) is 0 Å². The van der Waals surface area contributed by atoms with Gasteiger partial charge in [-0.15, -0.1) is 11.3 Å². The fourth-order valence-electron chi connectivity index (χ4n) is 1.25. The molecule has 1 heterocycles. The average molecular weight is 244 g/mol. The first-order chi connectivity index (χ1) is 8.29. The summed E-state index contributed by atoms with van der Waals surface area (Å²) in [7, 11) is 0. The number of hydrogen-bond donors (Lipinski definition) is 0. The maximum Gasteiger partial charge on any atom is 0.331 e. The third-order valence-electron chi connectivity index (χ3n) is 1.95. The van der Waals surface area contributed by atoms with Crippen LogP contribution < -0.4 is 0 Å². The van der Waals surface area contributed by atoms with Gasteiger partial charge in [0.25, 0.3) is 0 Å². The van der Waals surface area contributed by atoms with Crippen LogP contribution in [0.25, 0.3) is 16.3 Å². The Morgan fingerprint density at radius 3 is 3.12 bits per heavy atom. The molecular weight excluding hydrogens is 236 g/mol. The molecule has 0 saturated heterocycles. The Balaban J connectivity index is 2.11. The number of nitriles is 1. The zero-order valence-electron chi connectivity index (χ0n) is 8.79. The molecule has 0 atom stereocenters. The standard InChI is InChI=1S/C12H8N2O2S/c13-7-8-16-12(15)6-5-11-14-9-3-1-2-4-10(9)17-11/h1-6H,8H2/b6-5+. The Morgan fingerprint density at radius 1 is 1.53 bits per heavy atom. The lowest BCUT2D eigenvalue weighted by atomic mass is 10.3. The summed E-state index contributed by atoms with van der Waals surface area (Å²) in [6.45, 7) is -0.233. The van der Waals surface area contributed by atoms with E-state index >= 15 is 0 Å². The quantitative estimate of drug-likeness (QED) is 0.614. The number of fused-ring (bicyclic) bond motifs is 1. The lowest BCUT2D eigenvalue weighted by Crippen LogP contribution is -1.99. The van der Waals surface area contributed by atoms with E-state index in [0.717, 1.165) is 15.2 Å². The predicted molar refractivity (Wildman–Crippen MR) is 65.2 cm³/mol. The van der Waals surface area contributed by atoms with Gasteiger partial charge in [0, 0.05) is 6.08 Å². The summed E-state index contributed by atoms with van der Waals surface area (Å²) in [5.41, 5.74) is 0.905. The van der Waals surface area contributed by atoms with Crippen LogP contribution in [0.15, 0.2) is 30.3 Å². The number of hydrogen-bond acceptors (Lipinski definition) is 5. The van der Waals surface area contributed by atoms with Crippen molar-refractivity contribution in [3.8, 4) is 6.07 Å². The van der Waals surface area contributed by atoms with E-state index in [4.69, 9.17) is 5.26 Å². The van der Waals surface area contributed by atoms with Crippen LogP contribution in [0, 0.1) is 11.3 Å². The van der Waals surface area contributed by atoms with Crippen molar-refractivity contribution in [1.82, 2.24) is 4.98 Å². The molecule has 0 N–H and O–H groups in total. The molecule has 1 aromatic heterocycles. The van der Waals surface area contributed by atoms with Crippen molar-refractivity contribution < 1.29 is 9.53 Å². The van der Waals surface area contributed by atoms with Crippen LogP contribution in [0.3, 0.4) is 0 Å². The lowest BCUT2D eigenvalue weighted by molar-refractivity contribution is -0.136. The highest BCUT2D eigenvalue weighted by Crippen LogP contribution is 2.22. The van der Waals surface area contributed by atoms with Crippen LogP contribution in [-0.4, -0.2) is 17.6 Å². The Kier molecular flexibility index (Phi) is 3.48.